The molecule has 0 rings (SSSR count). The standard InChI is InChI=1S/C7H13FN2/c1-3-7(5-9)10-6(2)4-8/h6-7,10H,3-4H2,1-2H3. The van der Waals surface area contributed by atoms with Gasteiger partial charge < -0.3 is 0 Å². The van der Waals surface area contributed by atoms with Gasteiger partial charge in [0.25, 0.3) is 0 Å². The van der Waals surface area contributed by atoms with Crippen LogP contribution in [0, 0.1) is 11.3 Å². The van der Waals surface area contributed by atoms with E-state index in [9.17, 15) is 4.39 Å². The second-order valence-corrected chi connectivity index (χ2v) is 2.31. The highest BCUT2D eigenvalue weighted by molar-refractivity contribution is 4.89. The number of halogens is 1. The minimum absolute atomic E-state index is 0.203. The largest absolute Gasteiger partial charge is 0.297 e. The Morgan fingerprint density at radius 1 is 1.70 bits per heavy atom. The van der Waals surface area contributed by atoms with E-state index in [4.69, 9.17) is 5.26 Å². The average molecular weight is 144 g/mol. The highest BCUT2D eigenvalue weighted by Gasteiger charge is 2.07. The van der Waals surface area contributed by atoms with E-state index < -0.39 is 6.67 Å². The molecule has 0 bridgehead atoms. The molecule has 0 aliphatic heterocycles. The summed E-state index contributed by atoms with van der Waals surface area (Å²) in [5.41, 5.74) is 0. The summed E-state index contributed by atoms with van der Waals surface area (Å²) in [5, 5.41) is 11.3. The molecule has 0 radical (unpaired) electrons. The van der Waals surface area contributed by atoms with E-state index in [1.54, 1.807) is 6.92 Å². The van der Waals surface area contributed by atoms with Gasteiger partial charge in [-0.05, 0) is 13.3 Å². The zero-order valence-electron chi connectivity index (χ0n) is 6.39. The van der Waals surface area contributed by atoms with Crippen molar-refractivity contribution in [2.24, 2.45) is 0 Å². The zero-order valence-corrected chi connectivity index (χ0v) is 6.39. The zero-order chi connectivity index (χ0) is 7.98. The molecule has 0 aromatic rings. The Kier molecular flexibility index (Phi) is 4.87. The van der Waals surface area contributed by atoms with Gasteiger partial charge in [-0.3, -0.25) is 5.32 Å². The topological polar surface area (TPSA) is 35.8 Å². The number of nitrogens with one attached hydrogen (secondary N) is 1. The lowest BCUT2D eigenvalue weighted by Crippen LogP contribution is -2.36. The lowest BCUT2D eigenvalue weighted by Gasteiger charge is -2.12. The van der Waals surface area contributed by atoms with Gasteiger partial charge in [0.05, 0.1) is 12.1 Å². The van der Waals surface area contributed by atoms with Gasteiger partial charge in [0.2, 0.25) is 0 Å². The minimum atomic E-state index is -0.418. The monoisotopic (exact) mass is 144 g/mol. The fourth-order valence-corrected chi connectivity index (χ4v) is 0.634. The number of nitrogens with zero attached hydrogens (tertiary/aromatic N) is 1. The molecule has 1 N–H and O–H groups in total. The molecule has 58 valence electrons. The van der Waals surface area contributed by atoms with Crippen molar-refractivity contribution < 1.29 is 4.39 Å². The van der Waals surface area contributed by atoms with E-state index in [1.807, 2.05) is 13.0 Å². The molecule has 3 heteroatoms. The second kappa shape index (κ2) is 5.19. The predicted octanol–water partition coefficient (Wildman–Crippen LogP) is 1.24. The van der Waals surface area contributed by atoms with Crippen LogP contribution in [0.15, 0.2) is 0 Å². The van der Waals surface area contributed by atoms with Crippen LogP contribution in [0.1, 0.15) is 20.3 Å². The third kappa shape index (κ3) is 3.41. The SMILES string of the molecule is CCC(C#N)NC(C)CF. The van der Waals surface area contributed by atoms with E-state index in [0.717, 1.165) is 6.42 Å². The van der Waals surface area contributed by atoms with Crippen molar-refractivity contribution in [1.29, 1.82) is 5.26 Å². The molecule has 0 amide bonds. The first-order valence-electron chi connectivity index (χ1n) is 3.46. The molecule has 2 nitrogen and oxygen atoms in total. The van der Waals surface area contributed by atoms with Gasteiger partial charge in [-0.1, -0.05) is 6.92 Å². The van der Waals surface area contributed by atoms with Gasteiger partial charge in [0.1, 0.15) is 6.67 Å². The first-order valence-corrected chi connectivity index (χ1v) is 3.46. The summed E-state index contributed by atoms with van der Waals surface area (Å²) in [6, 6.07) is 1.63. The van der Waals surface area contributed by atoms with Crippen molar-refractivity contribution in [2.45, 2.75) is 32.4 Å². The molecule has 0 aromatic carbocycles. The molecule has 0 spiro atoms. The molecule has 0 heterocycles. The van der Waals surface area contributed by atoms with Crippen LogP contribution in [0.5, 0.6) is 0 Å². The average Bonchev–Trinajstić information content (AvgIpc) is 1.99. The Morgan fingerprint density at radius 2 is 2.30 bits per heavy atom. The smallest absolute Gasteiger partial charge is 0.104 e. The summed E-state index contributed by atoms with van der Waals surface area (Å²) >= 11 is 0. The Balaban J connectivity index is 3.54. The van der Waals surface area contributed by atoms with Crippen LogP contribution in [-0.4, -0.2) is 18.8 Å². The fraction of sp³-hybridized carbons (Fsp3) is 0.857. The number of hydrogen-bond donors (Lipinski definition) is 1. The van der Waals surface area contributed by atoms with Crippen LogP contribution < -0.4 is 5.32 Å². The summed E-state index contributed by atoms with van der Waals surface area (Å²) in [5.74, 6) is 0. The first kappa shape index (κ1) is 9.38. The van der Waals surface area contributed by atoms with Crippen LogP contribution >= 0.6 is 0 Å². The van der Waals surface area contributed by atoms with Gasteiger partial charge in [-0.25, -0.2) is 4.39 Å². The molecular weight excluding hydrogens is 131 g/mol. The van der Waals surface area contributed by atoms with Crippen LogP contribution in [0.25, 0.3) is 0 Å². The maximum absolute atomic E-state index is 11.8. The summed E-state index contributed by atoms with van der Waals surface area (Å²) in [4.78, 5) is 0. The van der Waals surface area contributed by atoms with E-state index in [2.05, 4.69) is 5.32 Å². The quantitative estimate of drug-likeness (QED) is 0.644. The lowest BCUT2D eigenvalue weighted by atomic mass is 10.2. The predicted molar refractivity (Wildman–Crippen MR) is 38.3 cm³/mol. The lowest BCUT2D eigenvalue weighted by molar-refractivity contribution is 0.375. The molecule has 0 fully saturated rings. The van der Waals surface area contributed by atoms with Crippen molar-refractivity contribution >= 4 is 0 Å². The molecule has 0 aromatic heterocycles. The number of alkyl halides is 1. The maximum atomic E-state index is 11.8. The van der Waals surface area contributed by atoms with Gasteiger partial charge >= 0.3 is 0 Å². The molecular formula is C7H13FN2. The summed E-state index contributed by atoms with van der Waals surface area (Å²) < 4.78 is 11.8. The van der Waals surface area contributed by atoms with Gasteiger partial charge in [0, 0.05) is 6.04 Å². The highest BCUT2D eigenvalue weighted by atomic mass is 19.1. The van der Waals surface area contributed by atoms with Gasteiger partial charge in [-0.2, -0.15) is 5.26 Å². The molecule has 0 aliphatic rings. The second-order valence-electron chi connectivity index (χ2n) is 2.31. The van der Waals surface area contributed by atoms with Crippen molar-refractivity contribution in [1.82, 2.24) is 5.32 Å². The van der Waals surface area contributed by atoms with Gasteiger partial charge in [-0.15, -0.1) is 0 Å². The number of nitriles is 1. The van der Waals surface area contributed by atoms with Crippen molar-refractivity contribution in [3.63, 3.8) is 0 Å². The molecule has 0 aliphatic carbocycles. The number of rotatable bonds is 4. The van der Waals surface area contributed by atoms with E-state index >= 15 is 0 Å². The Labute approximate surface area is 61.0 Å². The Bertz CT molecular complexity index is 119. The highest BCUT2D eigenvalue weighted by Crippen LogP contribution is 1.91. The third-order valence-electron chi connectivity index (χ3n) is 1.28. The molecule has 10 heavy (non-hydrogen) atoms. The molecule has 2 unspecified atom stereocenters. The van der Waals surface area contributed by atoms with Crippen molar-refractivity contribution in [3.8, 4) is 6.07 Å². The van der Waals surface area contributed by atoms with Crippen molar-refractivity contribution in [2.75, 3.05) is 6.67 Å². The van der Waals surface area contributed by atoms with Crippen LogP contribution in [0.4, 0.5) is 4.39 Å². The van der Waals surface area contributed by atoms with E-state index in [-0.39, 0.29) is 12.1 Å². The van der Waals surface area contributed by atoms with Gasteiger partial charge in [0.15, 0.2) is 0 Å². The minimum Gasteiger partial charge on any atom is -0.297 e. The first-order chi connectivity index (χ1) is 4.74. The molecule has 2 atom stereocenters. The summed E-state index contributed by atoms with van der Waals surface area (Å²) in [6.45, 7) is 3.20. The van der Waals surface area contributed by atoms with Crippen molar-refractivity contribution in [3.05, 3.63) is 0 Å². The third-order valence-corrected chi connectivity index (χ3v) is 1.28. The molecule has 0 saturated heterocycles. The molecule has 0 saturated carbocycles. The van der Waals surface area contributed by atoms with Crippen LogP contribution in [0.3, 0.4) is 0 Å². The van der Waals surface area contributed by atoms with E-state index in [1.165, 1.54) is 0 Å². The van der Waals surface area contributed by atoms with Crippen LogP contribution in [-0.2, 0) is 0 Å². The fourth-order valence-electron chi connectivity index (χ4n) is 0.634. The summed E-state index contributed by atoms with van der Waals surface area (Å²) in [7, 11) is 0. The number of hydrogen-bond acceptors (Lipinski definition) is 2. The van der Waals surface area contributed by atoms with Crippen LogP contribution in [0.2, 0.25) is 0 Å². The Hall–Kier alpha value is -0.620. The Morgan fingerprint density at radius 3 is 2.60 bits per heavy atom. The maximum Gasteiger partial charge on any atom is 0.104 e. The normalized spacial score (nSPS) is 15.8. The van der Waals surface area contributed by atoms with E-state index in [0.29, 0.717) is 0 Å². The summed E-state index contributed by atoms with van der Waals surface area (Å²) in [6.07, 6.45) is 0.723.